The Balaban J connectivity index is 2.00. The minimum absolute atomic E-state index is 0.0923. The highest BCUT2D eigenvalue weighted by atomic mass is 16.5. The summed E-state index contributed by atoms with van der Waals surface area (Å²) >= 11 is 0. The molecule has 0 fully saturated rings. The second kappa shape index (κ2) is 9.61. The number of hydrogen-bond donors (Lipinski definition) is 2. The molecule has 0 bridgehead atoms. The standard InChI is InChI=1S/C23H23N5O5/c1-32-22(30)17-19(14-7-3-5-9-24-14)28(13-16-26-11-12-27-16)20(15-8-4-6-10-25-15)18(21(17)29)23(31)33-2/h3-12,17,19-20,29H,13H2,1-2H3,(H,26,27)/t17?,19-,20-/m1/s1. The number of carbonyl (C=O) groups excluding carboxylic acids is 2. The van der Waals surface area contributed by atoms with Crippen LogP contribution < -0.4 is 0 Å². The molecule has 10 heteroatoms. The normalized spacial score (nSPS) is 21.0. The largest absolute Gasteiger partial charge is 0.511 e. The van der Waals surface area contributed by atoms with E-state index in [0.29, 0.717) is 17.2 Å². The van der Waals surface area contributed by atoms with Crippen molar-refractivity contribution < 1.29 is 24.2 Å². The fourth-order valence-corrected chi connectivity index (χ4v) is 4.16. The molecule has 0 saturated heterocycles. The van der Waals surface area contributed by atoms with Crippen molar-refractivity contribution in [3.63, 3.8) is 0 Å². The van der Waals surface area contributed by atoms with E-state index >= 15 is 0 Å². The molecule has 170 valence electrons. The number of nitrogens with zero attached hydrogens (tertiary/aromatic N) is 4. The molecule has 3 aromatic heterocycles. The van der Waals surface area contributed by atoms with Crippen LogP contribution in [0.25, 0.3) is 0 Å². The van der Waals surface area contributed by atoms with E-state index in [1.165, 1.54) is 14.2 Å². The molecule has 1 aliphatic rings. The molecule has 0 spiro atoms. The lowest BCUT2D eigenvalue weighted by molar-refractivity contribution is -0.150. The van der Waals surface area contributed by atoms with Gasteiger partial charge in [0, 0.05) is 24.8 Å². The summed E-state index contributed by atoms with van der Waals surface area (Å²) in [6.45, 7) is 0.191. The van der Waals surface area contributed by atoms with Crippen LogP contribution in [0.15, 0.2) is 72.5 Å². The van der Waals surface area contributed by atoms with Gasteiger partial charge in [-0.15, -0.1) is 0 Å². The number of aliphatic hydroxyl groups is 1. The van der Waals surface area contributed by atoms with Gasteiger partial charge >= 0.3 is 11.9 Å². The average Bonchev–Trinajstić information content (AvgIpc) is 3.37. The highest BCUT2D eigenvalue weighted by Gasteiger charge is 2.51. The van der Waals surface area contributed by atoms with Gasteiger partial charge in [-0.25, -0.2) is 9.78 Å². The first-order valence-corrected chi connectivity index (χ1v) is 10.2. The van der Waals surface area contributed by atoms with E-state index in [-0.39, 0.29) is 12.1 Å². The van der Waals surface area contributed by atoms with Crippen molar-refractivity contribution in [3.8, 4) is 0 Å². The molecule has 1 aliphatic heterocycles. The molecule has 0 aliphatic carbocycles. The molecule has 0 radical (unpaired) electrons. The van der Waals surface area contributed by atoms with E-state index in [1.807, 2.05) is 4.90 Å². The fraction of sp³-hybridized carbons (Fsp3) is 0.261. The molecule has 10 nitrogen and oxygen atoms in total. The first-order chi connectivity index (χ1) is 16.1. The summed E-state index contributed by atoms with van der Waals surface area (Å²) in [5, 5.41) is 11.3. The topological polar surface area (TPSA) is 131 Å². The number of hydrogen-bond acceptors (Lipinski definition) is 9. The number of rotatable bonds is 6. The molecule has 2 N–H and O–H groups in total. The molecule has 0 saturated carbocycles. The highest BCUT2D eigenvalue weighted by molar-refractivity contribution is 5.93. The third kappa shape index (κ3) is 4.20. The van der Waals surface area contributed by atoms with E-state index in [9.17, 15) is 14.7 Å². The van der Waals surface area contributed by atoms with Crippen LogP contribution in [0.4, 0.5) is 0 Å². The summed E-state index contributed by atoms with van der Waals surface area (Å²) in [5.41, 5.74) is 0.904. The summed E-state index contributed by atoms with van der Waals surface area (Å²) < 4.78 is 10.0. The number of aromatic amines is 1. The summed E-state index contributed by atoms with van der Waals surface area (Å²) in [6, 6.07) is 8.92. The van der Waals surface area contributed by atoms with Gasteiger partial charge in [0.2, 0.25) is 0 Å². The van der Waals surface area contributed by atoms with Crippen molar-refractivity contribution in [2.75, 3.05) is 14.2 Å². The zero-order chi connectivity index (χ0) is 23.4. The third-order valence-corrected chi connectivity index (χ3v) is 5.56. The molecule has 4 rings (SSSR count). The minimum atomic E-state index is -1.23. The third-order valence-electron chi connectivity index (χ3n) is 5.56. The average molecular weight is 449 g/mol. The van der Waals surface area contributed by atoms with Gasteiger partial charge in [0.25, 0.3) is 0 Å². The van der Waals surface area contributed by atoms with E-state index in [2.05, 4.69) is 19.9 Å². The lowest BCUT2D eigenvalue weighted by atomic mass is 9.81. The Labute approximate surface area is 189 Å². The number of aromatic nitrogens is 4. The molecule has 0 aromatic carbocycles. The van der Waals surface area contributed by atoms with Gasteiger partial charge in [-0.05, 0) is 24.3 Å². The van der Waals surface area contributed by atoms with Crippen LogP contribution >= 0.6 is 0 Å². The summed E-state index contributed by atoms with van der Waals surface area (Å²) in [4.78, 5) is 44.0. The van der Waals surface area contributed by atoms with E-state index in [4.69, 9.17) is 9.47 Å². The van der Waals surface area contributed by atoms with Gasteiger partial charge in [0.05, 0.1) is 49.8 Å². The fourth-order valence-electron chi connectivity index (χ4n) is 4.16. The van der Waals surface area contributed by atoms with Crippen molar-refractivity contribution in [3.05, 3.63) is 89.7 Å². The van der Waals surface area contributed by atoms with Crippen LogP contribution in [0.5, 0.6) is 0 Å². The molecule has 3 aromatic rings. The van der Waals surface area contributed by atoms with Crippen LogP contribution in [-0.2, 0) is 25.6 Å². The Kier molecular flexibility index (Phi) is 6.45. The zero-order valence-corrected chi connectivity index (χ0v) is 18.1. The van der Waals surface area contributed by atoms with Crippen molar-refractivity contribution in [2.24, 2.45) is 5.92 Å². The maximum Gasteiger partial charge on any atom is 0.339 e. The van der Waals surface area contributed by atoms with Gasteiger partial charge < -0.3 is 19.6 Å². The molecule has 0 amide bonds. The number of nitrogens with one attached hydrogen (secondary N) is 1. The second-order valence-corrected chi connectivity index (χ2v) is 7.36. The Morgan fingerprint density at radius 2 is 1.70 bits per heavy atom. The predicted molar refractivity (Wildman–Crippen MR) is 115 cm³/mol. The Bertz CT molecular complexity index is 1130. The number of H-pyrrole nitrogens is 1. The lowest BCUT2D eigenvalue weighted by Crippen LogP contribution is -2.47. The Morgan fingerprint density at radius 1 is 1.00 bits per heavy atom. The molecular formula is C23H23N5O5. The predicted octanol–water partition coefficient (Wildman–Crippen LogP) is 2.27. The first kappa shape index (κ1) is 22.2. The molecule has 3 atom stereocenters. The van der Waals surface area contributed by atoms with Crippen molar-refractivity contribution in [1.29, 1.82) is 0 Å². The summed E-state index contributed by atoms with van der Waals surface area (Å²) in [6.07, 6.45) is 6.48. The van der Waals surface area contributed by atoms with Crippen LogP contribution in [-0.4, -0.2) is 56.1 Å². The number of carbonyl (C=O) groups is 2. The van der Waals surface area contributed by atoms with Crippen LogP contribution in [0.2, 0.25) is 0 Å². The number of pyridine rings is 2. The van der Waals surface area contributed by atoms with Gasteiger partial charge in [0.15, 0.2) is 0 Å². The number of esters is 2. The van der Waals surface area contributed by atoms with Crippen molar-refractivity contribution >= 4 is 11.9 Å². The first-order valence-electron chi connectivity index (χ1n) is 10.2. The number of methoxy groups -OCH3 is 2. The highest BCUT2D eigenvalue weighted by Crippen LogP contribution is 2.48. The van der Waals surface area contributed by atoms with Crippen LogP contribution in [0.1, 0.15) is 29.3 Å². The Morgan fingerprint density at radius 3 is 2.24 bits per heavy atom. The Hall–Kier alpha value is -4.05. The molecule has 33 heavy (non-hydrogen) atoms. The number of aliphatic hydroxyl groups excluding tert-OH is 1. The SMILES string of the molecule is COC(=O)C1=C(O)C(C(=O)OC)[C@@H](c2ccccn2)N(Cc2ncc[nH]2)[C@@H]1c1ccccn1. The maximum atomic E-state index is 12.9. The van der Waals surface area contributed by atoms with Crippen molar-refractivity contribution in [2.45, 2.75) is 18.6 Å². The monoisotopic (exact) mass is 449 g/mol. The van der Waals surface area contributed by atoms with E-state index < -0.39 is 35.7 Å². The smallest absolute Gasteiger partial charge is 0.339 e. The van der Waals surface area contributed by atoms with Gasteiger partial charge in [-0.3, -0.25) is 19.7 Å². The van der Waals surface area contributed by atoms with E-state index in [1.54, 1.807) is 61.2 Å². The molecular weight excluding hydrogens is 426 g/mol. The molecule has 4 heterocycles. The van der Waals surface area contributed by atoms with E-state index in [0.717, 1.165) is 0 Å². The van der Waals surface area contributed by atoms with Gasteiger partial charge in [-0.1, -0.05) is 12.1 Å². The van der Waals surface area contributed by atoms with Crippen LogP contribution in [0.3, 0.4) is 0 Å². The van der Waals surface area contributed by atoms with Crippen LogP contribution in [0, 0.1) is 5.92 Å². The lowest BCUT2D eigenvalue weighted by Gasteiger charge is -2.44. The van der Waals surface area contributed by atoms with Gasteiger partial charge in [-0.2, -0.15) is 0 Å². The number of imidazole rings is 1. The zero-order valence-electron chi connectivity index (χ0n) is 18.1. The van der Waals surface area contributed by atoms with Crippen molar-refractivity contribution in [1.82, 2.24) is 24.8 Å². The summed E-state index contributed by atoms with van der Waals surface area (Å²) in [7, 11) is 2.44. The quantitative estimate of drug-likeness (QED) is 0.544. The molecule has 1 unspecified atom stereocenters. The maximum absolute atomic E-state index is 12.9. The number of ether oxygens (including phenoxy) is 2. The van der Waals surface area contributed by atoms with Gasteiger partial charge in [0.1, 0.15) is 17.5 Å². The second-order valence-electron chi connectivity index (χ2n) is 7.36. The minimum Gasteiger partial charge on any atom is -0.511 e. The summed E-state index contributed by atoms with van der Waals surface area (Å²) in [5.74, 6) is -2.56.